The minimum Gasteiger partial charge on any atom is -0.394 e. The van der Waals surface area contributed by atoms with E-state index in [4.69, 9.17) is 10.2 Å². The summed E-state index contributed by atoms with van der Waals surface area (Å²) in [7, 11) is 0. The second kappa shape index (κ2) is 4.46. The van der Waals surface area contributed by atoms with E-state index in [1.165, 1.54) is 0 Å². The summed E-state index contributed by atoms with van der Waals surface area (Å²) >= 11 is 0. The molecular formula is C11H17N3O3. The van der Waals surface area contributed by atoms with Crippen LogP contribution in [-0.4, -0.2) is 38.5 Å². The van der Waals surface area contributed by atoms with Crippen molar-refractivity contribution >= 4 is 5.82 Å². The van der Waals surface area contributed by atoms with E-state index in [1.54, 1.807) is 23.9 Å². The molecular weight excluding hydrogens is 222 g/mol. The van der Waals surface area contributed by atoms with Crippen molar-refractivity contribution in [3.8, 4) is 0 Å². The summed E-state index contributed by atoms with van der Waals surface area (Å²) in [5.41, 5.74) is -1.14. The minimum absolute atomic E-state index is 0.171. The largest absolute Gasteiger partial charge is 0.394 e. The highest BCUT2D eigenvalue weighted by molar-refractivity contribution is 5.35. The average molecular weight is 239 g/mol. The van der Waals surface area contributed by atoms with Crippen molar-refractivity contribution in [2.75, 3.05) is 18.5 Å². The maximum absolute atomic E-state index is 12.0. The Hall–Kier alpha value is -1.40. The van der Waals surface area contributed by atoms with Crippen LogP contribution < -0.4 is 10.9 Å². The first-order valence-electron chi connectivity index (χ1n) is 5.67. The van der Waals surface area contributed by atoms with Crippen LogP contribution in [0.2, 0.25) is 0 Å². The smallest absolute Gasteiger partial charge is 0.293 e. The Kier molecular flexibility index (Phi) is 3.17. The number of anilines is 1. The van der Waals surface area contributed by atoms with Gasteiger partial charge in [0.25, 0.3) is 5.56 Å². The molecule has 17 heavy (non-hydrogen) atoms. The van der Waals surface area contributed by atoms with Crippen LogP contribution in [0.25, 0.3) is 0 Å². The van der Waals surface area contributed by atoms with Gasteiger partial charge in [0.05, 0.1) is 18.8 Å². The Morgan fingerprint density at radius 3 is 2.71 bits per heavy atom. The topological polar surface area (TPSA) is 87.4 Å². The summed E-state index contributed by atoms with van der Waals surface area (Å²) in [6, 6.07) is 0.278. The van der Waals surface area contributed by atoms with E-state index < -0.39 is 5.54 Å². The number of aromatic nitrogens is 2. The van der Waals surface area contributed by atoms with Gasteiger partial charge in [-0.15, -0.1) is 0 Å². The van der Waals surface area contributed by atoms with Crippen molar-refractivity contribution < 1.29 is 10.2 Å². The lowest BCUT2D eigenvalue weighted by Crippen LogP contribution is -2.44. The quantitative estimate of drug-likeness (QED) is 0.658. The summed E-state index contributed by atoms with van der Waals surface area (Å²) in [4.78, 5) is 16.0. The van der Waals surface area contributed by atoms with Crippen molar-refractivity contribution in [1.82, 2.24) is 9.55 Å². The van der Waals surface area contributed by atoms with Crippen LogP contribution >= 0.6 is 0 Å². The van der Waals surface area contributed by atoms with E-state index in [9.17, 15) is 4.79 Å². The third-order valence-electron chi connectivity index (χ3n) is 2.93. The number of rotatable bonds is 5. The summed E-state index contributed by atoms with van der Waals surface area (Å²) in [5.74, 6) is 0.171. The monoisotopic (exact) mass is 239 g/mol. The van der Waals surface area contributed by atoms with Gasteiger partial charge in [0.1, 0.15) is 0 Å². The summed E-state index contributed by atoms with van der Waals surface area (Å²) in [5, 5.41) is 21.1. The van der Waals surface area contributed by atoms with E-state index in [0.717, 1.165) is 12.8 Å². The van der Waals surface area contributed by atoms with E-state index in [2.05, 4.69) is 10.3 Å². The van der Waals surface area contributed by atoms with Crippen molar-refractivity contribution in [3.63, 3.8) is 0 Å². The number of aliphatic hydroxyl groups excluding tert-OH is 2. The molecule has 1 aliphatic rings. The zero-order valence-electron chi connectivity index (χ0n) is 9.76. The van der Waals surface area contributed by atoms with Crippen molar-refractivity contribution in [2.45, 2.75) is 31.3 Å². The normalized spacial score (nSPS) is 15.9. The molecule has 0 saturated heterocycles. The van der Waals surface area contributed by atoms with Gasteiger partial charge in [-0.1, -0.05) is 0 Å². The van der Waals surface area contributed by atoms with Gasteiger partial charge in [0.15, 0.2) is 5.82 Å². The molecule has 0 bridgehead atoms. The third-order valence-corrected chi connectivity index (χ3v) is 2.93. The molecule has 1 heterocycles. The van der Waals surface area contributed by atoms with Gasteiger partial charge in [0.2, 0.25) is 0 Å². The van der Waals surface area contributed by atoms with Gasteiger partial charge in [-0.3, -0.25) is 4.79 Å². The molecule has 1 aromatic rings. The molecule has 1 aromatic heterocycles. The van der Waals surface area contributed by atoms with Crippen LogP contribution in [0.4, 0.5) is 5.82 Å². The van der Waals surface area contributed by atoms with Crippen LogP contribution in [0, 0.1) is 0 Å². The summed E-state index contributed by atoms with van der Waals surface area (Å²) in [6.45, 7) is 1.08. The van der Waals surface area contributed by atoms with E-state index in [1.807, 2.05) is 0 Å². The molecule has 0 amide bonds. The Bertz CT molecular complexity index is 450. The van der Waals surface area contributed by atoms with E-state index in [0.29, 0.717) is 0 Å². The molecule has 0 atom stereocenters. The van der Waals surface area contributed by atoms with Crippen molar-refractivity contribution in [2.24, 2.45) is 0 Å². The second-order valence-corrected chi connectivity index (χ2v) is 4.72. The molecule has 6 nitrogen and oxygen atoms in total. The molecule has 0 spiro atoms. The van der Waals surface area contributed by atoms with Gasteiger partial charge in [-0.2, -0.15) is 0 Å². The zero-order chi connectivity index (χ0) is 12.5. The zero-order valence-corrected chi connectivity index (χ0v) is 9.76. The molecule has 0 aliphatic heterocycles. The molecule has 2 rings (SSSR count). The van der Waals surface area contributed by atoms with Crippen molar-refractivity contribution in [3.05, 3.63) is 22.7 Å². The Labute approximate surface area is 98.9 Å². The Balaban J connectivity index is 2.27. The maximum Gasteiger partial charge on any atom is 0.293 e. The molecule has 1 aliphatic carbocycles. The molecule has 3 N–H and O–H groups in total. The number of nitrogens with zero attached hydrogens (tertiary/aromatic N) is 2. The number of aliphatic hydroxyl groups is 2. The fraction of sp³-hybridized carbons (Fsp3) is 0.636. The predicted octanol–water partition coefficient (Wildman–Crippen LogP) is -0.267. The highest BCUT2D eigenvalue weighted by Crippen LogP contribution is 2.33. The van der Waals surface area contributed by atoms with E-state index in [-0.39, 0.29) is 30.6 Å². The first-order chi connectivity index (χ1) is 8.09. The number of hydrogen-bond acceptors (Lipinski definition) is 5. The van der Waals surface area contributed by atoms with Gasteiger partial charge < -0.3 is 20.1 Å². The average Bonchev–Trinajstić information content (AvgIpc) is 3.16. The van der Waals surface area contributed by atoms with Crippen LogP contribution in [0.1, 0.15) is 25.8 Å². The lowest BCUT2D eigenvalue weighted by atomic mass is 10.1. The number of hydrogen-bond donors (Lipinski definition) is 3. The summed E-state index contributed by atoms with van der Waals surface area (Å²) < 4.78 is 1.64. The van der Waals surface area contributed by atoms with Crippen LogP contribution in [0.15, 0.2) is 17.2 Å². The Morgan fingerprint density at radius 2 is 2.18 bits per heavy atom. The molecule has 6 heteroatoms. The van der Waals surface area contributed by atoms with E-state index >= 15 is 0 Å². The molecule has 1 saturated carbocycles. The van der Waals surface area contributed by atoms with Gasteiger partial charge >= 0.3 is 0 Å². The molecule has 0 aromatic carbocycles. The van der Waals surface area contributed by atoms with Gasteiger partial charge in [-0.05, 0) is 19.8 Å². The van der Waals surface area contributed by atoms with Crippen LogP contribution in [0.3, 0.4) is 0 Å². The van der Waals surface area contributed by atoms with Crippen LogP contribution in [0.5, 0.6) is 0 Å². The second-order valence-electron chi connectivity index (χ2n) is 4.72. The predicted molar refractivity (Wildman–Crippen MR) is 63.0 cm³/mol. The Morgan fingerprint density at radius 1 is 1.53 bits per heavy atom. The first kappa shape index (κ1) is 12.1. The third kappa shape index (κ3) is 2.48. The molecule has 0 unspecified atom stereocenters. The fourth-order valence-corrected chi connectivity index (χ4v) is 1.57. The van der Waals surface area contributed by atoms with Gasteiger partial charge in [-0.25, -0.2) is 4.98 Å². The first-order valence-corrected chi connectivity index (χ1v) is 5.67. The molecule has 94 valence electrons. The minimum atomic E-state index is -0.936. The fourth-order valence-electron chi connectivity index (χ4n) is 1.57. The van der Waals surface area contributed by atoms with Crippen LogP contribution in [-0.2, 0) is 0 Å². The number of nitrogens with one attached hydrogen (secondary N) is 1. The molecule has 0 radical (unpaired) electrons. The highest BCUT2D eigenvalue weighted by Gasteiger charge is 2.28. The summed E-state index contributed by atoms with van der Waals surface area (Å²) in [6.07, 6.45) is 5.25. The lowest BCUT2D eigenvalue weighted by Gasteiger charge is -2.26. The van der Waals surface area contributed by atoms with Gasteiger partial charge in [0, 0.05) is 18.4 Å². The SMILES string of the molecule is CC(CO)(CO)Nc1nccn(C2CC2)c1=O. The standard InChI is InChI=1S/C11H17N3O3/c1-11(6-15,7-16)13-9-10(17)14(5-4-12-9)8-2-3-8/h4-5,8,15-16H,2-3,6-7H2,1H3,(H,12,13). The molecule has 1 fully saturated rings. The highest BCUT2D eigenvalue weighted by atomic mass is 16.3. The maximum atomic E-state index is 12.0. The lowest BCUT2D eigenvalue weighted by molar-refractivity contribution is 0.147. The van der Waals surface area contributed by atoms with Crippen molar-refractivity contribution in [1.29, 1.82) is 0 Å².